The predicted octanol–water partition coefficient (Wildman–Crippen LogP) is 2.28. The van der Waals surface area contributed by atoms with Crippen LogP contribution < -0.4 is 19.9 Å². The highest BCUT2D eigenvalue weighted by Crippen LogP contribution is 2.27. The second-order valence-corrected chi connectivity index (χ2v) is 5.79. The average Bonchev–Trinajstić information content (AvgIpc) is 2.55. The zero-order chi connectivity index (χ0) is 17.7. The van der Waals surface area contributed by atoms with Crippen LogP contribution in [-0.4, -0.2) is 50.7 Å². The molecule has 1 N–H and O–H groups in total. The minimum Gasteiger partial charge on any atom is -0.495 e. The maximum atomic E-state index is 12.3. The quantitative estimate of drug-likeness (QED) is 0.862. The Kier molecular flexibility index (Phi) is 5.81. The predicted molar refractivity (Wildman–Crippen MR) is 96.3 cm³/mol. The molecule has 0 radical (unpaired) electrons. The lowest BCUT2D eigenvalue weighted by atomic mass is 10.3. The van der Waals surface area contributed by atoms with E-state index in [0.29, 0.717) is 22.4 Å². The molecule has 2 aromatic rings. The average molecular weight is 350 g/mol. The molecule has 0 aliphatic rings. The number of nitrogens with one attached hydrogen (secondary N) is 1. The van der Waals surface area contributed by atoms with Gasteiger partial charge in [0.15, 0.2) is 0 Å². The standard InChI is InChI=1S/C16H20ClN5O2/c1-21(2)14-7-8-18-16(20-14)22(3)10-15(23)19-12-9-11(17)5-6-13(12)24-4/h5-9H,10H2,1-4H3,(H,19,23). The number of likely N-dealkylation sites (N-methyl/N-ethyl adjacent to an activating group) is 1. The first-order valence-corrected chi connectivity index (χ1v) is 7.63. The van der Waals surface area contributed by atoms with Crippen molar-refractivity contribution in [1.29, 1.82) is 0 Å². The van der Waals surface area contributed by atoms with E-state index in [2.05, 4.69) is 15.3 Å². The smallest absolute Gasteiger partial charge is 0.244 e. The third-order valence-electron chi connectivity index (χ3n) is 3.24. The van der Waals surface area contributed by atoms with Crippen LogP contribution in [0.4, 0.5) is 17.5 Å². The fourth-order valence-electron chi connectivity index (χ4n) is 2.03. The number of methoxy groups -OCH3 is 1. The number of halogens is 1. The van der Waals surface area contributed by atoms with E-state index in [4.69, 9.17) is 16.3 Å². The number of rotatable bonds is 6. The number of aromatic nitrogens is 2. The molecule has 7 nitrogen and oxygen atoms in total. The summed E-state index contributed by atoms with van der Waals surface area (Å²) in [5, 5.41) is 3.30. The first-order chi connectivity index (χ1) is 11.4. The topological polar surface area (TPSA) is 70.6 Å². The zero-order valence-electron chi connectivity index (χ0n) is 14.1. The molecular formula is C16H20ClN5O2. The van der Waals surface area contributed by atoms with Crippen LogP contribution in [0.3, 0.4) is 0 Å². The lowest BCUT2D eigenvalue weighted by Crippen LogP contribution is -2.31. The van der Waals surface area contributed by atoms with Crippen molar-refractivity contribution in [2.24, 2.45) is 0 Å². The number of anilines is 3. The summed E-state index contributed by atoms with van der Waals surface area (Å²) >= 11 is 5.96. The molecule has 1 aromatic carbocycles. The van der Waals surface area contributed by atoms with Gasteiger partial charge in [-0.05, 0) is 24.3 Å². The van der Waals surface area contributed by atoms with Crippen molar-refractivity contribution in [1.82, 2.24) is 9.97 Å². The van der Waals surface area contributed by atoms with E-state index in [0.717, 1.165) is 5.82 Å². The highest BCUT2D eigenvalue weighted by molar-refractivity contribution is 6.31. The summed E-state index contributed by atoms with van der Waals surface area (Å²) < 4.78 is 5.22. The molecule has 24 heavy (non-hydrogen) atoms. The number of carbonyl (C=O) groups excluding carboxylic acids is 1. The van der Waals surface area contributed by atoms with Gasteiger partial charge < -0.3 is 19.9 Å². The van der Waals surface area contributed by atoms with Gasteiger partial charge in [-0.15, -0.1) is 0 Å². The molecule has 128 valence electrons. The Morgan fingerprint density at radius 3 is 2.71 bits per heavy atom. The summed E-state index contributed by atoms with van der Waals surface area (Å²) in [6.45, 7) is 0.0898. The molecule has 2 rings (SSSR count). The van der Waals surface area contributed by atoms with Crippen LogP contribution in [0.5, 0.6) is 5.75 Å². The van der Waals surface area contributed by atoms with Gasteiger partial charge in [-0.2, -0.15) is 4.98 Å². The van der Waals surface area contributed by atoms with Gasteiger partial charge in [0.05, 0.1) is 19.3 Å². The third kappa shape index (κ3) is 4.48. The minimum atomic E-state index is -0.225. The fourth-order valence-corrected chi connectivity index (χ4v) is 2.20. The SMILES string of the molecule is COc1ccc(Cl)cc1NC(=O)CN(C)c1nccc(N(C)C)n1. The first kappa shape index (κ1) is 17.8. The monoisotopic (exact) mass is 349 g/mol. The number of ether oxygens (including phenoxy) is 1. The molecule has 1 aromatic heterocycles. The molecule has 0 bridgehead atoms. The van der Waals surface area contributed by atoms with Crippen molar-refractivity contribution >= 4 is 35.0 Å². The molecular weight excluding hydrogens is 330 g/mol. The van der Waals surface area contributed by atoms with E-state index in [1.54, 1.807) is 42.4 Å². The van der Waals surface area contributed by atoms with Gasteiger partial charge in [0.1, 0.15) is 11.6 Å². The van der Waals surface area contributed by atoms with Gasteiger partial charge in [0, 0.05) is 32.4 Å². The summed E-state index contributed by atoms with van der Waals surface area (Å²) in [4.78, 5) is 24.4. The van der Waals surface area contributed by atoms with Crippen LogP contribution in [0.25, 0.3) is 0 Å². The van der Waals surface area contributed by atoms with E-state index in [1.807, 2.05) is 19.0 Å². The van der Waals surface area contributed by atoms with Crippen LogP contribution in [0.15, 0.2) is 30.5 Å². The van der Waals surface area contributed by atoms with Crippen molar-refractivity contribution in [2.75, 3.05) is 49.9 Å². The van der Waals surface area contributed by atoms with Gasteiger partial charge in [0.2, 0.25) is 11.9 Å². The Hall–Kier alpha value is -2.54. The van der Waals surface area contributed by atoms with Gasteiger partial charge in [-0.25, -0.2) is 4.98 Å². The molecule has 0 unspecified atom stereocenters. The zero-order valence-corrected chi connectivity index (χ0v) is 14.8. The Bertz CT molecular complexity index is 723. The second-order valence-electron chi connectivity index (χ2n) is 5.36. The van der Waals surface area contributed by atoms with Crippen molar-refractivity contribution < 1.29 is 9.53 Å². The molecule has 0 aliphatic heterocycles. The Labute approximate surface area is 146 Å². The highest BCUT2D eigenvalue weighted by Gasteiger charge is 2.13. The van der Waals surface area contributed by atoms with E-state index in [-0.39, 0.29) is 12.5 Å². The number of benzene rings is 1. The van der Waals surface area contributed by atoms with Gasteiger partial charge in [-0.1, -0.05) is 11.6 Å². The summed E-state index contributed by atoms with van der Waals surface area (Å²) in [7, 11) is 7.07. The summed E-state index contributed by atoms with van der Waals surface area (Å²) in [5.74, 6) is 1.55. The van der Waals surface area contributed by atoms with Gasteiger partial charge >= 0.3 is 0 Å². The normalized spacial score (nSPS) is 10.2. The molecule has 0 spiro atoms. The molecule has 0 atom stereocenters. The van der Waals surface area contributed by atoms with E-state index >= 15 is 0 Å². The van der Waals surface area contributed by atoms with E-state index < -0.39 is 0 Å². The number of amides is 1. The summed E-state index contributed by atoms with van der Waals surface area (Å²) in [6.07, 6.45) is 1.66. The second kappa shape index (κ2) is 7.83. The first-order valence-electron chi connectivity index (χ1n) is 7.25. The number of carbonyl (C=O) groups is 1. The molecule has 0 aliphatic carbocycles. The van der Waals surface area contributed by atoms with Gasteiger partial charge in [-0.3, -0.25) is 4.79 Å². The summed E-state index contributed by atoms with van der Waals surface area (Å²) in [5.41, 5.74) is 0.520. The van der Waals surface area contributed by atoms with Crippen LogP contribution >= 0.6 is 11.6 Å². The van der Waals surface area contributed by atoms with Crippen LogP contribution in [0.1, 0.15) is 0 Å². The minimum absolute atomic E-state index is 0.0898. The Balaban J connectivity index is 2.07. The van der Waals surface area contributed by atoms with Crippen LogP contribution in [0.2, 0.25) is 5.02 Å². The van der Waals surface area contributed by atoms with Crippen molar-refractivity contribution in [3.8, 4) is 5.75 Å². The van der Waals surface area contributed by atoms with Gasteiger partial charge in [0.25, 0.3) is 0 Å². The molecule has 1 heterocycles. The van der Waals surface area contributed by atoms with Crippen molar-refractivity contribution in [2.45, 2.75) is 0 Å². The summed E-state index contributed by atoms with van der Waals surface area (Å²) in [6, 6.07) is 6.84. The molecule has 0 fully saturated rings. The van der Waals surface area contributed by atoms with Crippen molar-refractivity contribution in [3.05, 3.63) is 35.5 Å². The maximum Gasteiger partial charge on any atom is 0.244 e. The fraction of sp³-hybridized carbons (Fsp3) is 0.312. The number of hydrogen-bond acceptors (Lipinski definition) is 6. The van der Waals surface area contributed by atoms with Crippen LogP contribution in [-0.2, 0) is 4.79 Å². The number of hydrogen-bond donors (Lipinski definition) is 1. The highest BCUT2D eigenvalue weighted by atomic mass is 35.5. The van der Waals surface area contributed by atoms with Crippen molar-refractivity contribution in [3.63, 3.8) is 0 Å². The van der Waals surface area contributed by atoms with E-state index in [1.165, 1.54) is 7.11 Å². The molecule has 8 heteroatoms. The molecule has 0 saturated carbocycles. The largest absolute Gasteiger partial charge is 0.495 e. The van der Waals surface area contributed by atoms with Crippen LogP contribution in [0, 0.1) is 0 Å². The maximum absolute atomic E-state index is 12.3. The van der Waals surface area contributed by atoms with E-state index in [9.17, 15) is 4.79 Å². The lowest BCUT2D eigenvalue weighted by Gasteiger charge is -2.19. The lowest BCUT2D eigenvalue weighted by molar-refractivity contribution is -0.114. The number of nitrogens with zero attached hydrogens (tertiary/aromatic N) is 4. The third-order valence-corrected chi connectivity index (χ3v) is 3.48. The molecule has 1 amide bonds. The Morgan fingerprint density at radius 1 is 1.29 bits per heavy atom. The molecule has 0 saturated heterocycles. The Morgan fingerprint density at radius 2 is 2.04 bits per heavy atom.